The number of benzene rings is 2. The van der Waals surface area contributed by atoms with Crippen LogP contribution in [-0.2, 0) is 16.4 Å². The minimum atomic E-state index is -3.58. The Balaban J connectivity index is 1.65. The number of sulfonamides is 1. The lowest BCUT2D eigenvalue weighted by molar-refractivity contribution is 0.340. The number of ether oxygens (including phenoxy) is 1. The molecule has 25 heavy (non-hydrogen) atoms. The zero-order valence-electron chi connectivity index (χ0n) is 13.8. The van der Waals surface area contributed by atoms with Crippen molar-refractivity contribution in [3.63, 3.8) is 0 Å². The number of nitrogens with one attached hydrogen (secondary N) is 2. The van der Waals surface area contributed by atoms with Gasteiger partial charge in [-0.1, -0.05) is 0 Å². The van der Waals surface area contributed by atoms with Gasteiger partial charge in [0.15, 0.2) is 0 Å². The molecule has 1 heterocycles. The molecule has 0 aliphatic heterocycles. The van der Waals surface area contributed by atoms with Crippen molar-refractivity contribution < 1.29 is 17.5 Å². The van der Waals surface area contributed by atoms with Crippen LogP contribution >= 0.6 is 0 Å². The third-order valence-electron chi connectivity index (χ3n) is 3.86. The van der Waals surface area contributed by atoms with Gasteiger partial charge in [0.1, 0.15) is 11.6 Å². The van der Waals surface area contributed by atoms with Gasteiger partial charge in [0.2, 0.25) is 10.0 Å². The number of aromatic amines is 1. The van der Waals surface area contributed by atoms with E-state index in [-0.39, 0.29) is 17.3 Å². The van der Waals surface area contributed by atoms with Gasteiger partial charge in [-0.15, -0.1) is 0 Å². The summed E-state index contributed by atoms with van der Waals surface area (Å²) in [7, 11) is -3.58. The number of hydrogen-bond donors (Lipinski definition) is 2. The van der Waals surface area contributed by atoms with E-state index in [4.69, 9.17) is 4.74 Å². The van der Waals surface area contributed by atoms with Crippen molar-refractivity contribution in [2.75, 3.05) is 13.2 Å². The van der Waals surface area contributed by atoms with Crippen LogP contribution in [0.2, 0.25) is 0 Å². The van der Waals surface area contributed by atoms with Gasteiger partial charge < -0.3 is 9.72 Å². The minimum absolute atomic E-state index is 0.192. The first-order chi connectivity index (χ1) is 12.0. The maximum Gasteiger partial charge on any atom is 0.240 e. The molecule has 3 aromatic rings. The average molecular weight is 362 g/mol. The molecule has 0 saturated heterocycles. The molecule has 0 saturated carbocycles. The van der Waals surface area contributed by atoms with Crippen LogP contribution < -0.4 is 9.46 Å². The zero-order chi connectivity index (χ0) is 17.9. The summed E-state index contributed by atoms with van der Waals surface area (Å²) in [6.07, 6.45) is 2.27. The third-order valence-corrected chi connectivity index (χ3v) is 5.34. The molecular weight excluding hydrogens is 343 g/mol. The van der Waals surface area contributed by atoms with Crippen LogP contribution in [0, 0.1) is 5.82 Å². The molecular formula is C18H19FN2O3S. The van der Waals surface area contributed by atoms with Crippen molar-refractivity contribution in [2.45, 2.75) is 18.2 Å². The first-order valence-corrected chi connectivity index (χ1v) is 9.46. The number of rotatable bonds is 7. The lowest BCUT2D eigenvalue weighted by Gasteiger charge is -2.08. The number of aromatic nitrogens is 1. The molecule has 0 bridgehead atoms. The fourth-order valence-electron chi connectivity index (χ4n) is 2.65. The smallest absolute Gasteiger partial charge is 0.240 e. The van der Waals surface area contributed by atoms with E-state index in [9.17, 15) is 12.8 Å². The molecule has 0 atom stereocenters. The van der Waals surface area contributed by atoms with E-state index >= 15 is 0 Å². The molecule has 7 heteroatoms. The quantitative estimate of drug-likeness (QED) is 0.678. The van der Waals surface area contributed by atoms with E-state index in [1.54, 1.807) is 24.4 Å². The van der Waals surface area contributed by atoms with Crippen molar-refractivity contribution >= 4 is 20.9 Å². The fraction of sp³-hybridized carbons (Fsp3) is 0.222. The summed E-state index contributed by atoms with van der Waals surface area (Å²) in [5.41, 5.74) is 1.63. The number of fused-ring (bicyclic) bond motifs is 1. The SMILES string of the molecule is CCOc1ccc(S(=O)(=O)NCCc2c[nH]c3cc(F)ccc23)cc1. The van der Waals surface area contributed by atoms with Crippen LogP contribution in [0.4, 0.5) is 4.39 Å². The topological polar surface area (TPSA) is 71.2 Å². The van der Waals surface area contributed by atoms with Gasteiger partial charge in [-0.25, -0.2) is 17.5 Å². The van der Waals surface area contributed by atoms with Crippen LogP contribution in [0.15, 0.2) is 53.6 Å². The molecule has 132 valence electrons. The molecule has 2 aromatic carbocycles. The molecule has 0 amide bonds. The van der Waals surface area contributed by atoms with E-state index in [0.717, 1.165) is 10.9 Å². The zero-order valence-corrected chi connectivity index (χ0v) is 14.6. The van der Waals surface area contributed by atoms with Gasteiger partial charge in [-0.3, -0.25) is 0 Å². The van der Waals surface area contributed by atoms with Crippen molar-refractivity contribution in [2.24, 2.45) is 0 Å². The monoisotopic (exact) mass is 362 g/mol. The van der Waals surface area contributed by atoms with E-state index in [1.165, 1.54) is 24.3 Å². The standard InChI is InChI=1S/C18H19FN2O3S/c1-2-24-15-4-6-16(7-5-15)25(22,23)21-10-9-13-12-20-18-11-14(19)3-8-17(13)18/h3-8,11-12,20-21H,2,9-10H2,1H3. The highest BCUT2D eigenvalue weighted by Gasteiger charge is 2.14. The lowest BCUT2D eigenvalue weighted by Crippen LogP contribution is -2.25. The summed E-state index contributed by atoms with van der Waals surface area (Å²) in [5.74, 6) is 0.324. The number of hydrogen-bond acceptors (Lipinski definition) is 3. The van der Waals surface area contributed by atoms with Crippen LogP contribution in [-0.4, -0.2) is 26.6 Å². The minimum Gasteiger partial charge on any atom is -0.494 e. The Morgan fingerprint density at radius 3 is 2.64 bits per heavy atom. The highest BCUT2D eigenvalue weighted by molar-refractivity contribution is 7.89. The highest BCUT2D eigenvalue weighted by atomic mass is 32.2. The van der Waals surface area contributed by atoms with Crippen LogP contribution in [0.5, 0.6) is 5.75 Å². The largest absolute Gasteiger partial charge is 0.494 e. The molecule has 0 spiro atoms. The van der Waals surface area contributed by atoms with Crippen molar-refractivity contribution in [3.05, 3.63) is 60.0 Å². The molecule has 0 fully saturated rings. The van der Waals surface area contributed by atoms with Crippen LogP contribution in [0.1, 0.15) is 12.5 Å². The molecule has 2 N–H and O–H groups in total. The second-order valence-corrected chi connectivity index (χ2v) is 7.32. The number of halogens is 1. The van der Waals surface area contributed by atoms with E-state index < -0.39 is 10.0 Å². The second-order valence-electron chi connectivity index (χ2n) is 5.56. The van der Waals surface area contributed by atoms with E-state index in [0.29, 0.717) is 24.3 Å². The maximum atomic E-state index is 13.2. The van der Waals surface area contributed by atoms with Gasteiger partial charge in [-0.2, -0.15) is 0 Å². The molecule has 0 aliphatic carbocycles. The fourth-order valence-corrected chi connectivity index (χ4v) is 3.68. The molecule has 5 nitrogen and oxygen atoms in total. The van der Waals surface area contributed by atoms with Crippen molar-refractivity contribution in [1.82, 2.24) is 9.71 Å². The lowest BCUT2D eigenvalue weighted by atomic mass is 10.1. The summed E-state index contributed by atoms with van der Waals surface area (Å²) in [6.45, 7) is 2.64. The predicted molar refractivity (Wildman–Crippen MR) is 94.8 cm³/mol. The average Bonchev–Trinajstić information content (AvgIpc) is 2.98. The maximum absolute atomic E-state index is 13.2. The predicted octanol–water partition coefficient (Wildman–Crippen LogP) is 3.23. The Morgan fingerprint density at radius 2 is 1.92 bits per heavy atom. The summed E-state index contributed by atoms with van der Waals surface area (Å²) in [5, 5.41) is 0.890. The van der Waals surface area contributed by atoms with Gasteiger partial charge >= 0.3 is 0 Å². The van der Waals surface area contributed by atoms with Crippen LogP contribution in [0.25, 0.3) is 10.9 Å². The van der Waals surface area contributed by atoms with Crippen molar-refractivity contribution in [3.8, 4) is 5.75 Å². The number of H-pyrrole nitrogens is 1. The van der Waals surface area contributed by atoms with Gasteiger partial charge in [0.25, 0.3) is 0 Å². The highest BCUT2D eigenvalue weighted by Crippen LogP contribution is 2.20. The van der Waals surface area contributed by atoms with E-state index in [2.05, 4.69) is 9.71 Å². The normalized spacial score (nSPS) is 11.8. The molecule has 1 aromatic heterocycles. The van der Waals surface area contributed by atoms with Gasteiger partial charge in [0, 0.05) is 23.6 Å². The first-order valence-electron chi connectivity index (χ1n) is 7.97. The summed E-state index contributed by atoms with van der Waals surface area (Å²) in [4.78, 5) is 3.19. The third kappa shape index (κ3) is 4.00. The Morgan fingerprint density at radius 1 is 1.16 bits per heavy atom. The van der Waals surface area contributed by atoms with Crippen LogP contribution in [0.3, 0.4) is 0 Å². The van der Waals surface area contributed by atoms with Crippen molar-refractivity contribution in [1.29, 1.82) is 0 Å². The summed E-state index contributed by atoms with van der Waals surface area (Å²) >= 11 is 0. The Bertz CT molecular complexity index is 966. The Labute approximate surface area is 145 Å². The Kier molecular flexibility index (Phi) is 5.06. The Hall–Kier alpha value is -2.38. The van der Waals surface area contributed by atoms with E-state index in [1.807, 2.05) is 6.92 Å². The van der Waals surface area contributed by atoms with Gasteiger partial charge in [0.05, 0.1) is 11.5 Å². The molecule has 0 radical (unpaired) electrons. The summed E-state index contributed by atoms with van der Waals surface area (Å²) in [6, 6.07) is 10.8. The molecule has 0 unspecified atom stereocenters. The summed E-state index contributed by atoms with van der Waals surface area (Å²) < 4.78 is 45.7. The molecule has 3 rings (SSSR count). The van der Waals surface area contributed by atoms with Gasteiger partial charge in [-0.05, 0) is 61.4 Å². The first kappa shape index (κ1) is 17.4. The second kappa shape index (κ2) is 7.25. The molecule has 0 aliphatic rings.